The van der Waals surface area contributed by atoms with Gasteiger partial charge in [-0.15, -0.1) is 0 Å². The molecule has 0 amide bonds. The van der Waals surface area contributed by atoms with Gasteiger partial charge in [0.2, 0.25) is 6.29 Å². The van der Waals surface area contributed by atoms with E-state index in [2.05, 4.69) is 31.2 Å². The predicted molar refractivity (Wildman–Crippen MR) is 131 cm³/mol. The number of hydrogen-bond donors (Lipinski definition) is 1. The van der Waals surface area contributed by atoms with Crippen molar-refractivity contribution in [1.29, 1.82) is 0 Å². The molecule has 1 unspecified atom stereocenters. The molecule has 1 aromatic rings. The Morgan fingerprint density at radius 3 is 2.31 bits per heavy atom. The molecule has 1 heterocycles. The van der Waals surface area contributed by atoms with Gasteiger partial charge in [-0.05, 0) is 56.2 Å². The Bertz CT molecular complexity index is 748. The predicted octanol–water partition coefficient (Wildman–Crippen LogP) is 7.14. The highest BCUT2D eigenvalue weighted by molar-refractivity contribution is 5.96. The van der Waals surface area contributed by atoms with Crippen LogP contribution in [0.3, 0.4) is 0 Å². The second-order valence-electron chi connectivity index (χ2n) is 8.35. The van der Waals surface area contributed by atoms with Crippen LogP contribution >= 0.6 is 0 Å². The van der Waals surface area contributed by atoms with Crippen molar-refractivity contribution in [1.82, 2.24) is 0 Å². The molecule has 0 aromatic heterocycles. The summed E-state index contributed by atoms with van der Waals surface area (Å²) >= 11 is 0. The molecule has 0 saturated carbocycles. The number of allylic oxidation sites excluding steroid dienone is 4. The highest BCUT2D eigenvalue weighted by atomic mass is 16.6. The van der Waals surface area contributed by atoms with E-state index in [-0.39, 0.29) is 0 Å². The molecule has 0 spiro atoms. The van der Waals surface area contributed by atoms with Crippen molar-refractivity contribution < 1.29 is 19.4 Å². The maximum Gasteiger partial charge on any atom is 0.333 e. The maximum atomic E-state index is 11.3. The number of unbranched alkanes of at least 4 members (excludes halogenated alkanes) is 9. The molecule has 32 heavy (non-hydrogen) atoms. The van der Waals surface area contributed by atoms with E-state index in [9.17, 15) is 9.90 Å². The molecule has 1 aromatic carbocycles. The van der Waals surface area contributed by atoms with Crippen LogP contribution in [0.5, 0.6) is 5.75 Å². The number of benzene rings is 1. The standard InChI is InChI=1S/C28H40O4/c1-2-3-4-5-6-7-8-9-10-11-12-13-14-15-16-17-21-31-25-20-18-19-24(22-25)26-23-27(29)32-28(26)30/h6-7,9-10,18-20,22-23,28,30H,2-5,8,11-17,21H2,1H3. The minimum Gasteiger partial charge on any atom is -0.494 e. The lowest BCUT2D eigenvalue weighted by Crippen LogP contribution is -2.09. The van der Waals surface area contributed by atoms with Crippen LogP contribution in [0.2, 0.25) is 0 Å². The fourth-order valence-electron chi connectivity index (χ4n) is 3.68. The van der Waals surface area contributed by atoms with Crippen molar-refractivity contribution in [2.75, 3.05) is 6.61 Å². The van der Waals surface area contributed by atoms with Crippen LogP contribution < -0.4 is 4.74 Å². The van der Waals surface area contributed by atoms with E-state index >= 15 is 0 Å². The number of cyclic esters (lactones) is 1. The quantitative estimate of drug-likeness (QED) is 0.159. The molecule has 0 fully saturated rings. The van der Waals surface area contributed by atoms with Crippen LogP contribution in [0.15, 0.2) is 54.6 Å². The summed E-state index contributed by atoms with van der Waals surface area (Å²) in [5.41, 5.74) is 1.23. The van der Waals surface area contributed by atoms with Gasteiger partial charge in [0.05, 0.1) is 6.61 Å². The number of hydrogen-bond acceptors (Lipinski definition) is 4. The SMILES string of the molecule is CCCCCC=CCC=CCCCCCCCCOc1cccc(C2=CC(=O)OC2O)c1. The first-order chi connectivity index (χ1) is 15.7. The summed E-state index contributed by atoms with van der Waals surface area (Å²) in [5.74, 6) is 0.234. The number of carbonyl (C=O) groups excluding carboxylic acids is 1. The van der Waals surface area contributed by atoms with Crippen LogP contribution in [0.4, 0.5) is 0 Å². The molecule has 1 aliphatic rings. The molecular weight excluding hydrogens is 400 g/mol. The monoisotopic (exact) mass is 440 g/mol. The smallest absolute Gasteiger partial charge is 0.333 e. The van der Waals surface area contributed by atoms with Crippen LogP contribution in [0, 0.1) is 0 Å². The fraction of sp³-hybridized carbons (Fsp3) is 0.536. The number of aliphatic hydroxyl groups excluding tert-OH is 1. The molecule has 1 N–H and O–H groups in total. The Kier molecular flexibility index (Phi) is 13.2. The third kappa shape index (κ3) is 10.8. The van der Waals surface area contributed by atoms with Gasteiger partial charge in [-0.3, -0.25) is 0 Å². The lowest BCUT2D eigenvalue weighted by Gasteiger charge is -2.10. The van der Waals surface area contributed by atoms with Crippen LogP contribution in [0.1, 0.15) is 89.5 Å². The normalized spacial score (nSPS) is 16.1. The highest BCUT2D eigenvalue weighted by Crippen LogP contribution is 2.27. The highest BCUT2D eigenvalue weighted by Gasteiger charge is 2.25. The lowest BCUT2D eigenvalue weighted by molar-refractivity contribution is -0.149. The zero-order chi connectivity index (χ0) is 22.9. The molecule has 4 nitrogen and oxygen atoms in total. The van der Waals surface area contributed by atoms with Crippen molar-refractivity contribution in [3.05, 3.63) is 60.2 Å². The molecule has 0 radical (unpaired) electrons. The summed E-state index contributed by atoms with van der Waals surface area (Å²) in [6.07, 6.45) is 24.1. The van der Waals surface area contributed by atoms with Crippen molar-refractivity contribution in [3.8, 4) is 5.75 Å². The summed E-state index contributed by atoms with van der Waals surface area (Å²) in [6.45, 7) is 2.92. The van der Waals surface area contributed by atoms with Crippen LogP contribution in [-0.2, 0) is 9.53 Å². The van der Waals surface area contributed by atoms with E-state index in [0.29, 0.717) is 12.2 Å². The van der Waals surface area contributed by atoms with Gasteiger partial charge in [0.25, 0.3) is 0 Å². The topological polar surface area (TPSA) is 55.8 Å². The van der Waals surface area contributed by atoms with Gasteiger partial charge >= 0.3 is 5.97 Å². The van der Waals surface area contributed by atoms with E-state index in [1.807, 2.05) is 24.3 Å². The van der Waals surface area contributed by atoms with Crippen LogP contribution in [-0.4, -0.2) is 24.0 Å². The van der Waals surface area contributed by atoms with E-state index < -0.39 is 12.3 Å². The first-order valence-electron chi connectivity index (χ1n) is 12.3. The number of carbonyl (C=O) groups is 1. The molecule has 1 aliphatic heterocycles. The Labute approximate surface area is 194 Å². The molecule has 2 rings (SSSR count). The van der Waals surface area contributed by atoms with Gasteiger partial charge in [0.1, 0.15) is 5.75 Å². The van der Waals surface area contributed by atoms with Crippen molar-refractivity contribution in [2.24, 2.45) is 0 Å². The van der Waals surface area contributed by atoms with Crippen molar-refractivity contribution in [3.63, 3.8) is 0 Å². The average Bonchev–Trinajstić information content (AvgIpc) is 3.14. The molecule has 0 saturated heterocycles. The number of aliphatic hydroxyl groups is 1. The zero-order valence-electron chi connectivity index (χ0n) is 19.6. The Hall–Kier alpha value is -2.33. The molecule has 0 bridgehead atoms. The molecule has 0 aliphatic carbocycles. The summed E-state index contributed by atoms with van der Waals surface area (Å²) in [6, 6.07) is 7.43. The van der Waals surface area contributed by atoms with Gasteiger partial charge in [0, 0.05) is 11.6 Å². The minimum atomic E-state index is -1.19. The minimum absolute atomic E-state index is 0.481. The summed E-state index contributed by atoms with van der Waals surface area (Å²) in [5, 5.41) is 9.78. The zero-order valence-corrected chi connectivity index (χ0v) is 19.6. The third-order valence-electron chi connectivity index (χ3n) is 5.55. The largest absolute Gasteiger partial charge is 0.494 e. The fourth-order valence-corrected chi connectivity index (χ4v) is 3.68. The average molecular weight is 441 g/mol. The summed E-state index contributed by atoms with van der Waals surface area (Å²) < 4.78 is 10.6. The maximum absolute atomic E-state index is 11.3. The van der Waals surface area contributed by atoms with Gasteiger partial charge in [0.15, 0.2) is 0 Å². The van der Waals surface area contributed by atoms with Crippen molar-refractivity contribution in [2.45, 2.75) is 90.3 Å². The third-order valence-corrected chi connectivity index (χ3v) is 5.55. The van der Waals surface area contributed by atoms with Gasteiger partial charge in [-0.25, -0.2) is 4.79 Å². The molecule has 4 heteroatoms. The first-order valence-corrected chi connectivity index (χ1v) is 12.3. The second kappa shape index (κ2) is 16.3. The lowest BCUT2D eigenvalue weighted by atomic mass is 10.1. The van der Waals surface area contributed by atoms with Gasteiger partial charge in [-0.2, -0.15) is 0 Å². The van der Waals surface area contributed by atoms with Crippen molar-refractivity contribution >= 4 is 11.5 Å². The second-order valence-corrected chi connectivity index (χ2v) is 8.35. The van der Waals surface area contributed by atoms with Crippen LogP contribution in [0.25, 0.3) is 5.57 Å². The Morgan fingerprint density at radius 2 is 1.62 bits per heavy atom. The summed E-state index contributed by atoms with van der Waals surface area (Å²) in [4.78, 5) is 11.3. The molecule has 176 valence electrons. The van der Waals surface area contributed by atoms with Gasteiger partial charge < -0.3 is 14.6 Å². The van der Waals surface area contributed by atoms with Gasteiger partial charge in [-0.1, -0.05) is 81.9 Å². The number of rotatable bonds is 17. The number of esters is 1. The molecular formula is C28H40O4. The Balaban J connectivity index is 1.45. The Morgan fingerprint density at radius 1 is 0.938 bits per heavy atom. The number of ether oxygens (including phenoxy) is 2. The van der Waals surface area contributed by atoms with E-state index in [1.165, 1.54) is 70.3 Å². The van der Waals surface area contributed by atoms with E-state index in [4.69, 9.17) is 9.47 Å². The summed E-state index contributed by atoms with van der Waals surface area (Å²) in [7, 11) is 0. The van der Waals surface area contributed by atoms with E-state index in [0.717, 1.165) is 24.2 Å². The first kappa shape index (κ1) is 25.9. The molecule has 1 atom stereocenters. The van der Waals surface area contributed by atoms with E-state index in [1.54, 1.807) is 0 Å².